The molecule has 0 amide bonds. The second-order valence-corrected chi connectivity index (χ2v) is 10.3. The van der Waals surface area contributed by atoms with E-state index in [1.54, 1.807) is 17.7 Å². The number of aliphatic imine (C=N–C) groups is 1. The van der Waals surface area contributed by atoms with Crippen LogP contribution < -0.4 is 10.2 Å². The van der Waals surface area contributed by atoms with Gasteiger partial charge in [-0.1, -0.05) is 62.4 Å². The molecule has 4 aromatic rings. The maximum atomic E-state index is 9.49. The fourth-order valence-corrected chi connectivity index (χ4v) is 5.80. The lowest BCUT2D eigenvalue weighted by Crippen LogP contribution is -2.59. The van der Waals surface area contributed by atoms with Crippen molar-refractivity contribution < 1.29 is 0 Å². The minimum Gasteiger partial charge on any atom is -0.351 e. The van der Waals surface area contributed by atoms with E-state index in [-0.39, 0.29) is 6.04 Å². The summed E-state index contributed by atoms with van der Waals surface area (Å²) in [6.07, 6.45) is 3.76. The SMILES string of the molecule is Cc1ccccc1N=C(NC#N)N1CCN(c2ncnc3cc(-c4ccccc4)sc23)CC1C(C)C. The van der Waals surface area contributed by atoms with Crippen LogP contribution in [0.15, 0.2) is 72.0 Å². The van der Waals surface area contributed by atoms with Crippen molar-refractivity contribution in [1.29, 1.82) is 5.26 Å². The molecule has 1 N–H and O–H groups in total. The van der Waals surface area contributed by atoms with Gasteiger partial charge in [-0.05, 0) is 36.1 Å². The van der Waals surface area contributed by atoms with Gasteiger partial charge in [0.15, 0.2) is 6.19 Å². The van der Waals surface area contributed by atoms with Crippen LogP contribution >= 0.6 is 11.3 Å². The average Bonchev–Trinajstić information content (AvgIpc) is 3.34. The molecule has 182 valence electrons. The molecule has 1 fully saturated rings. The molecule has 7 nitrogen and oxygen atoms in total. The minimum atomic E-state index is 0.154. The highest BCUT2D eigenvalue weighted by atomic mass is 32.1. The number of guanidine groups is 1. The monoisotopic (exact) mass is 495 g/mol. The van der Waals surface area contributed by atoms with Crippen molar-refractivity contribution >= 4 is 39.0 Å². The molecule has 2 aromatic heterocycles. The normalized spacial score (nSPS) is 16.4. The summed E-state index contributed by atoms with van der Waals surface area (Å²) in [6, 6.07) is 20.7. The summed E-state index contributed by atoms with van der Waals surface area (Å²) in [5, 5.41) is 12.3. The van der Waals surface area contributed by atoms with Gasteiger partial charge in [0, 0.05) is 24.5 Å². The summed E-state index contributed by atoms with van der Waals surface area (Å²) in [7, 11) is 0. The summed E-state index contributed by atoms with van der Waals surface area (Å²) in [5.41, 5.74) is 4.10. The van der Waals surface area contributed by atoms with E-state index in [1.165, 1.54) is 10.4 Å². The number of fused-ring (bicyclic) bond motifs is 1. The first kappa shape index (κ1) is 23.8. The van der Waals surface area contributed by atoms with Crippen LogP contribution in [-0.4, -0.2) is 46.5 Å². The molecule has 1 atom stereocenters. The van der Waals surface area contributed by atoms with Crippen LogP contribution in [0, 0.1) is 24.3 Å². The molecule has 8 heteroatoms. The van der Waals surface area contributed by atoms with Crippen LogP contribution in [-0.2, 0) is 0 Å². The Morgan fingerprint density at radius 2 is 1.89 bits per heavy atom. The van der Waals surface area contributed by atoms with Crippen molar-refractivity contribution in [3.05, 3.63) is 72.6 Å². The fourth-order valence-electron chi connectivity index (χ4n) is 4.66. The van der Waals surface area contributed by atoms with E-state index in [0.29, 0.717) is 11.9 Å². The van der Waals surface area contributed by atoms with E-state index in [2.05, 4.69) is 70.5 Å². The first-order chi connectivity index (χ1) is 17.5. The second-order valence-electron chi connectivity index (χ2n) is 9.30. The Kier molecular flexibility index (Phi) is 6.83. The molecule has 1 unspecified atom stereocenters. The molecule has 5 rings (SSSR count). The quantitative estimate of drug-likeness (QED) is 0.173. The van der Waals surface area contributed by atoms with Crippen molar-refractivity contribution in [2.75, 3.05) is 24.5 Å². The maximum Gasteiger partial charge on any atom is 0.212 e. The number of hydrogen-bond donors (Lipinski definition) is 1. The first-order valence-electron chi connectivity index (χ1n) is 12.2. The van der Waals surface area contributed by atoms with Crippen molar-refractivity contribution in [3.8, 4) is 16.6 Å². The molecular weight excluding hydrogens is 466 g/mol. The van der Waals surface area contributed by atoms with E-state index in [4.69, 9.17) is 9.98 Å². The number of aryl methyl sites for hydroxylation is 1. The fraction of sp³-hybridized carbons (Fsp3) is 0.286. The number of benzene rings is 2. The number of piperazine rings is 1. The highest BCUT2D eigenvalue weighted by Crippen LogP contribution is 2.37. The summed E-state index contributed by atoms with van der Waals surface area (Å²) in [6.45, 7) is 8.74. The lowest BCUT2D eigenvalue weighted by molar-refractivity contribution is 0.220. The second kappa shape index (κ2) is 10.3. The molecule has 0 saturated carbocycles. The molecule has 2 aromatic carbocycles. The molecule has 0 bridgehead atoms. The third-order valence-corrected chi connectivity index (χ3v) is 7.79. The highest BCUT2D eigenvalue weighted by Gasteiger charge is 2.33. The molecule has 0 spiro atoms. The van der Waals surface area contributed by atoms with Gasteiger partial charge in [-0.15, -0.1) is 11.3 Å². The first-order valence-corrected chi connectivity index (χ1v) is 13.0. The summed E-state index contributed by atoms with van der Waals surface area (Å²) < 4.78 is 1.11. The minimum absolute atomic E-state index is 0.154. The summed E-state index contributed by atoms with van der Waals surface area (Å²) >= 11 is 1.74. The molecule has 0 radical (unpaired) electrons. The van der Waals surface area contributed by atoms with E-state index < -0.39 is 0 Å². The van der Waals surface area contributed by atoms with E-state index >= 15 is 0 Å². The topological polar surface area (TPSA) is 80.4 Å². The number of aromatic nitrogens is 2. The van der Waals surface area contributed by atoms with Crippen LogP contribution in [0.4, 0.5) is 11.5 Å². The molecule has 1 aliphatic heterocycles. The van der Waals surface area contributed by atoms with Gasteiger partial charge < -0.3 is 9.80 Å². The number of thiophene rings is 1. The zero-order valence-electron chi connectivity index (χ0n) is 20.7. The molecule has 1 saturated heterocycles. The van der Waals surface area contributed by atoms with Gasteiger partial charge in [-0.2, -0.15) is 5.26 Å². The predicted molar refractivity (Wildman–Crippen MR) is 147 cm³/mol. The third-order valence-electron chi connectivity index (χ3n) is 6.62. The molecule has 36 heavy (non-hydrogen) atoms. The summed E-state index contributed by atoms with van der Waals surface area (Å²) in [4.78, 5) is 19.9. The number of anilines is 1. The van der Waals surface area contributed by atoms with E-state index in [1.807, 2.05) is 37.3 Å². The van der Waals surface area contributed by atoms with Gasteiger partial charge in [-0.25, -0.2) is 15.0 Å². The smallest absolute Gasteiger partial charge is 0.212 e. The van der Waals surface area contributed by atoms with Crippen LogP contribution in [0.3, 0.4) is 0 Å². The summed E-state index contributed by atoms with van der Waals surface area (Å²) in [5.74, 6) is 1.92. The standard InChI is InChI=1S/C28H29N7S/c1-19(2)24-16-34(13-14-35(24)28(30-17-29)33-22-12-8-7-9-20(22)3)27-26-23(31-18-32-27)15-25(36-26)21-10-5-4-6-11-21/h4-12,15,18-19,24H,13-14,16H2,1-3H3,(H,30,33). The van der Waals surface area contributed by atoms with Crippen LogP contribution in [0.5, 0.6) is 0 Å². The van der Waals surface area contributed by atoms with Gasteiger partial charge >= 0.3 is 0 Å². The molecule has 3 heterocycles. The maximum absolute atomic E-state index is 9.49. The Morgan fingerprint density at radius 1 is 1.11 bits per heavy atom. The zero-order chi connectivity index (χ0) is 25.1. The van der Waals surface area contributed by atoms with Gasteiger partial charge in [-0.3, -0.25) is 5.32 Å². The number of rotatable bonds is 4. The van der Waals surface area contributed by atoms with E-state index in [9.17, 15) is 5.26 Å². The number of para-hydroxylation sites is 1. The zero-order valence-corrected chi connectivity index (χ0v) is 21.5. The Hall–Kier alpha value is -3.96. The van der Waals surface area contributed by atoms with Crippen molar-refractivity contribution in [2.45, 2.75) is 26.8 Å². The lowest BCUT2D eigenvalue weighted by Gasteiger charge is -2.44. The highest BCUT2D eigenvalue weighted by molar-refractivity contribution is 7.22. The number of nitrogens with one attached hydrogen (secondary N) is 1. The van der Waals surface area contributed by atoms with Gasteiger partial charge in [0.25, 0.3) is 0 Å². The Balaban J connectivity index is 1.46. The van der Waals surface area contributed by atoms with Crippen molar-refractivity contribution in [2.24, 2.45) is 10.9 Å². The van der Waals surface area contributed by atoms with Crippen molar-refractivity contribution in [1.82, 2.24) is 20.2 Å². The van der Waals surface area contributed by atoms with Crippen LogP contribution in [0.1, 0.15) is 19.4 Å². The number of hydrogen-bond acceptors (Lipinski definition) is 6. The van der Waals surface area contributed by atoms with Gasteiger partial charge in [0.05, 0.1) is 21.9 Å². The van der Waals surface area contributed by atoms with Crippen molar-refractivity contribution in [3.63, 3.8) is 0 Å². The van der Waals surface area contributed by atoms with Crippen LogP contribution in [0.25, 0.3) is 20.7 Å². The average molecular weight is 496 g/mol. The Bertz CT molecular complexity index is 1420. The predicted octanol–water partition coefficient (Wildman–Crippen LogP) is 5.57. The van der Waals surface area contributed by atoms with Gasteiger partial charge in [0.2, 0.25) is 5.96 Å². The third kappa shape index (κ3) is 4.75. The molecule has 0 aliphatic carbocycles. The lowest BCUT2D eigenvalue weighted by atomic mass is 9.99. The Labute approximate surface area is 215 Å². The van der Waals surface area contributed by atoms with Crippen LogP contribution in [0.2, 0.25) is 0 Å². The largest absolute Gasteiger partial charge is 0.351 e. The van der Waals surface area contributed by atoms with Gasteiger partial charge in [0.1, 0.15) is 12.1 Å². The molecule has 1 aliphatic rings. The number of nitrogens with zero attached hydrogens (tertiary/aromatic N) is 6. The Morgan fingerprint density at radius 3 is 2.64 bits per heavy atom. The van der Waals surface area contributed by atoms with E-state index in [0.717, 1.165) is 46.9 Å². The molecular formula is C28H29N7S. The number of nitriles is 1.